The van der Waals surface area contributed by atoms with E-state index in [-0.39, 0.29) is 6.42 Å². The fourth-order valence-corrected chi connectivity index (χ4v) is 3.73. The summed E-state index contributed by atoms with van der Waals surface area (Å²) in [6, 6.07) is -0.817. The van der Waals surface area contributed by atoms with E-state index in [1.807, 2.05) is 13.8 Å². The Labute approximate surface area is 133 Å². The van der Waals surface area contributed by atoms with E-state index in [2.05, 4.69) is 4.74 Å². The van der Waals surface area contributed by atoms with Crippen LogP contribution in [-0.4, -0.2) is 79.7 Å². The molecule has 0 aliphatic heterocycles. The molecule has 0 saturated carbocycles. The molecule has 0 radical (unpaired) electrons. The quantitative estimate of drug-likeness (QED) is 0.358. The molecule has 0 saturated heterocycles. The molecule has 0 amide bonds. The largest absolute Gasteiger partial charge is 0.469 e. The van der Waals surface area contributed by atoms with Crippen LogP contribution >= 0.6 is 0 Å². The lowest BCUT2D eigenvalue weighted by molar-refractivity contribution is -0.152. The van der Waals surface area contributed by atoms with Crippen molar-refractivity contribution in [3.63, 3.8) is 0 Å². The number of carbonyl (C=O) groups excluding carboxylic acids is 2. The van der Waals surface area contributed by atoms with E-state index in [0.29, 0.717) is 26.4 Å². The standard InChI is InChI=1S/C13H27NO7Si/c1-6-20-22(21-7-2)14(8-9-17-3)11(13(16)19-5)10-12(15)18-4/h11,22H,6-10H2,1-5H3. The average molecular weight is 337 g/mol. The molecule has 1 unspecified atom stereocenters. The average Bonchev–Trinajstić information content (AvgIpc) is 2.53. The Bertz CT molecular complexity index is 324. The first kappa shape index (κ1) is 21.0. The summed E-state index contributed by atoms with van der Waals surface area (Å²) in [5.41, 5.74) is 0. The van der Waals surface area contributed by atoms with Crippen molar-refractivity contribution in [3.8, 4) is 0 Å². The van der Waals surface area contributed by atoms with Gasteiger partial charge in [-0.2, -0.15) is 0 Å². The maximum atomic E-state index is 12.1. The van der Waals surface area contributed by atoms with E-state index in [4.69, 9.17) is 18.3 Å². The summed E-state index contributed by atoms with van der Waals surface area (Å²) in [6.45, 7) is 5.36. The van der Waals surface area contributed by atoms with Crippen LogP contribution in [0, 0.1) is 0 Å². The number of hydrogen-bond acceptors (Lipinski definition) is 8. The number of hydrogen-bond donors (Lipinski definition) is 0. The van der Waals surface area contributed by atoms with Crippen molar-refractivity contribution in [2.45, 2.75) is 26.3 Å². The van der Waals surface area contributed by atoms with Crippen LogP contribution in [0.25, 0.3) is 0 Å². The summed E-state index contributed by atoms with van der Waals surface area (Å²) in [6.07, 6.45) is -0.128. The molecule has 0 spiro atoms. The molecule has 130 valence electrons. The van der Waals surface area contributed by atoms with Gasteiger partial charge >= 0.3 is 21.4 Å². The highest BCUT2D eigenvalue weighted by Gasteiger charge is 2.37. The third kappa shape index (κ3) is 7.32. The molecule has 0 heterocycles. The summed E-state index contributed by atoms with van der Waals surface area (Å²) in [5, 5.41) is 0. The molecule has 1 atom stereocenters. The number of ether oxygens (including phenoxy) is 3. The topological polar surface area (TPSA) is 83.5 Å². The number of methoxy groups -OCH3 is 3. The van der Waals surface area contributed by atoms with Crippen molar-refractivity contribution >= 4 is 21.4 Å². The Morgan fingerprint density at radius 3 is 2.05 bits per heavy atom. The van der Waals surface area contributed by atoms with Gasteiger partial charge in [0.05, 0.1) is 27.2 Å². The van der Waals surface area contributed by atoms with Gasteiger partial charge in [-0.3, -0.25) is 14.2 Å². The Balaban J connectivity index is 5.30. The molecular weight excluding hydrogens is 310 g/mol. The van der Waals surface area contributed by atoms with Gasteiger partial charge in [0.25, 0.3) is 0 Å². The van der Waals surface area contributed by atoms with E-state index in [9.17, 15) is 9.59 Å². The van der Waals surface area contributed by atoms with Crippen molar-refractivity contribution in [1.82, 2.24) is 4.57 Å². The predicted octanol–water partition coefficient (Wildman–Crippen LogP) is -0.170. The molecule has 0 aliphatic carbocycles. The molecule has 0 rings (SSSR count). The summed E-state index contributed by atoms with van der Waals surface area (Å²) in [7, 11) is 1.78. The number of nitrogens with zero attached hydrogens (tertiary/aromatic N) is 1. The van der Waals surface area contributed by atoms with Crippen LogP contribution in [0.2, 0.25) is 0 Å². The molecule has 0 aromatic heterocycles. The Kier molecular flexibility index (Phi) is 12.0. The first-order chi connectivity index (χ1) is 10.5. The van der Waals surface area contributed by atoms with Crippen LogP contribution in [0.5, 0.6) is 0 Å². The van der Waals surface area contributed by atoms with Gasteiger partial charge in [0, 0.05) is 26.9 Å². The summed E-state index contributed by atoms with van der Waals surface area (Å²) >= 11 is 0. The molecule has 0 bridgehead atoms. The zero-order chi connectivity index (χ0) is 17.0. The molecule has 0 aromatic rings. The van der Waals surface area contributed by atoms with E-state index in [1.54, 1.807) is 11.7 Å². The number of carbonyl (C=O) groups is 2. The van der Waals surface area contributed by atoms with Crippen LogP contribution in [-0.2, 0) is 32.7 Å². The van der Waals surface area contributed by atoms with Crippen LogP contribution in [0.15, 0.2) is 0 Å². The SMILES string of the molecule is CCO[SiH](OCC)N(CCOC)C(CC(=O)OC)C(=O)OC. The van der Waals surface area contributed by atoms with E-state index in [1.165, 1.54) is 14.2 Å². The molecule has 9 heteroatoms. The molecule has 0 fully saturated rings. The van der Waals surface area contributed by atoms with Gasteiger partial charge in [0.2, 0.25) is 0 Å². The van der Waals surface area contributed by atoms with Crippen LogP contribution < -0.4 is 0 Å². The third-order valence-electron chi connectivity index (χ3n) is 2.90. The molecule has 0 N–H and O–H groups in total. The lowest BCUT2D eigenvalue weighted by atomic mass is 10.2. The zero-order valence-electron chi connectivity index (χ0n) is 14.0. The first-order valence-corrected chi connectivity index (χ1v) is 8.64. The van der Waals surface area contributed by atoms with E-state index in [0.717, 1.165) is 0 Å². The first-order valence-electron chi connectivity index (χ1n) is 7.18. The highest BCUT2D eigenvalue weighted by molar-refractivity contribution is 6.41. The second-order valence-electron chi connectivity index (χ2n) is 4.27. The van der Waals surface area contributed by atoms with Crippen molar-refractivity contribution < 1.29 is 32.7 Å². The third-order valence-corrected chi connectivity index (χ3v) is 5.30. The minimum Gasteiger partial charge on any atom is -0.469 e. The van der Waals surface area contributed by atoms with Gasteiger partial charge in [-0.1, -0.05) is 0 Å². The van der Waals surface area contributed by atoms with Crippen LogP contribution in [0.1, 0.15) is 20.3 Å². The van der Waals surface area contributed by atoms with Crippen molar-refractivity contribution in [3.05, 3.63) is 0 Å². The van der Waals surface area contributed by atoms with Gasteiger partial charge < -0.3 is 23.1 Å². The fourth-order valence-electron chi connectivity index (χ4n) is 1.84. The number of rotatable bonds is 12. The van der Waals surface area contributed by atoms with Crippen LogP contribution in [0.3, 0.4) is 0 Å². The highest BCUT2D eigenvalue weighted by atomic mass is 28.3. The minimum absolute atomic E-state index is 0.128. The van der Waals surface area contributed by atoms with Crippen molar-refractivity contribution in [2.75, 3.05) is 47.7 Å². The molecule has 22 heavy (non-hydrogen) atoms. The minimum atomic E-state index is -2.33. The van der Waals surface area contributed by atoms with Crippen molar-refractivity contribution in [1.29, 1.82) is 0 Å². The second-order valence-corrected chi connectivity index (χ2v) is 6.21. The predicted molar refractivity (Wildman–Crippen MR) is 81.4 cm³/mol. The van der Waals surface area contributed by atoms with E-state index < -0.39 is 27.4 Å². The highest BCUT2D eigenvalue weighted by Crippen LogP contribution is 2.12. The molecule has 0 aromatic carbocycles. The normalized spacial score (nSPS) is 12.5. The second kappa shape index (κ2) is 12.5. The lowest BCUT2D eigenvalue weighted by Crippen LogP contribution is -2.55. The summed E-state index contributed by atoms with van der Waals surface area (Å²) < 4.78 is 27.6. The van der Waals surface area contributed by atoms with Gasteiger partial charge in [-0.05, 0) is 13.8 Å². The fraction of sp³-hybridized carbons (Fsp3) is 0.846. The van der Waals surface area contributed by atoms with Gasteiger partial charge in [-0.15, -0.1) is 0 Å². The van der Waals surface area contributed by atoms with Crippen molar-refractivity contribution in [2.24, 2.45) is 0 Å². The maximum Gasteiger partial charge on any atom is 0.411 e. The summed E-state index contributed by atoms with van der Waals surface area (Å²) in [5.74, 6) is -1.03. The maximum absolute atomic E-state index is 12.1. The molecule has 0 aliphatic rings. The Hall–Kier alpha value is -1.00. The monoisotopic (exact) mass is 337 g/mol. The van der Waals surface area contributed by atoms with E-state index >= 15 is 0 Å². The zero-order valence-corrected chi connectivity index (χ0v) is 15.1. The molecule has 8 nitrogen and oxygen atoms in total. The Morgan fingerprint density at radius 2 is 1.64 bits per heavy atom. The van der Waals surface area contributed by atoms with Gasteiger partial charge in [0.1, 0.15) is 6.04 Å². The Morgan fingerprint density at radius 1 is 1.05 bits per heavy atom. The van der Waals surface area contributed by atoms with Crippen LogP contribution in [0.4, 0.5) is 0 Å². The number of esters is 2. The molecular formula is C13H27NO7Si. The van der Waals surface area contributed by atoms with Gasteiger partial charge in [0.15, 0.2) is 0 Å². The van der Waals surface area contributed by atoms with Gasteiger partial charge in [-0.25, -0.2) is 0 Å². The summed E-state index contributed by atoms with van der Waals surface area (Å²) in [4.78, 5) is 23.7. The smallest absolute Gasteiger partial charge is 0.411 e. The lowest BCUT2D eigenvalue weighted by Gasteiger charge is -2.33.